The number of halogens is 1. The second kappa shape index (κ2) is 8.04. The molecule has 0 bridgehead atoms. The lowest BCUT2D eigenvalue weighted by atomic mass is 9.97. The van der Waals surface area contributed by atoms with Crippen LogP contribution >= 0.6 is 15.9 Å². The lowest BCUT2D eigenvalue weighted by Gasteiger charge is -2.22. The molecule has 0 radical (unpaired) electrons. The Morgan fingerprint density at radius 1 is 1.45 bits per heavy atom. The molecule has 2 atom stereocenters. The van der Waals surface area contributed by atoms with Crippen molar-refractivity contribution in [3.63, 3.8) is 0 Å². The van der Waals surface area contributed by atoms with Gasteiger partial charge in [0.25, 0.3) is 0 Å². The van der Waals surface area contributed by atoms with E-state index in [2.05, 4.69) is 53.3 Å². The van der Waals surface area contributed by atoms with Gasteiger partial charge in [-0.2, -0.15) is 0 Å². The minimum atomic E-state index is 0.605. The number of hydrogen-bond acceptors (Lipinski definition) is 2. The predicted octanol–water partition coefficient (Wildman–Crippen LogP) is 4.73. The molecule has 20 heavy (non-hydrogen) atoms. The van der Waals surface area contributed by atoms with E-state index in [4.69, 9.17) is 4.74 Å². The number of piperidine rings is 1. The van der Waals surface area contributed by atoms with Gasteiger partial charge in [-0.25, -0.2) is 0 Å². The molecule has 2 nitrogen and oxygen atoms in total. The summed E-state index contributed by atoms with van der Waals surface area (Å²) >= 11 is 3.63. The summed E-state index contributed by atoms with van der Waals surface area (Å²) in [7, 11) is 0. The van der Waals surface area contributed by atoms with E-state index < -0.39 is 0 Å². The number of hydrogen-bond donors (Lipinski definition) is 1. The SMILES string of the molecule is CCC(C)c1ccc(OCCC2CCCNC2)c(Br)c1. The Morgan fingerprint density at radius 2 is 2.30 bits per heavy atom. The van der Waals surface area contributed by atoms with Crippen molar-refractivity contribution in [1.82, 2.24) is 5.32 Å². The van der Waals surface area contributed by atoms with Gasteiger partial charge < -0.3 is 10.1 Å². The summed E-state index contributed by atoms with van der Waals surface area (Å²) in [6.45, 7) is 7.63. The van der Waals surface area contributed by atoms with Crippen molar-refractivity contribution in [3.8, 4) is 5.75 Å². The van der Waals surface area contributed by atoms with Crippen molar-refractivity contribution in [1.29, 1.82) is 0 Å². The predicted molar refractivity (Wildman–Crippen MR) is 88.6 cm³/mol. The molecule has 0 saturated carbocycles. The van der Waals surface area contributed by atoms with Crippen LogP contribution in [0.2, 0.25) is 0 Å². The lowest BCUT2D eigenvalue weighted by Crippen LogP contribution is -2.30. The van der Waals surface area contributed by atoms with Crippen LogP contribution in [0.15, 0.2) is 22.7 Å². The first-order valence-corrected chi connectivity index (χ1v) is 8.63. The highest BCUT2D eigenvalue weighted by Gasteiger charge is 2.13. The average Bonchev–Trinajstić information content (AvgIpc) is 2.49. The Labute approximate surface area is 131 Å². The Kier molecular flexibility index (Phi) is 6.37. The minimum absolute atomic E-state index is 0.605. The van der Waals surface area contributed by atoms with Crippen molar-refractivity contribution in [2.75, 3.05) is 19.7 Å². The van der Waals surface area contributed by atoms with Crippen molar-refractivity contribution in [2.24, 2.45) is 5.92 Å². The fourth-order valence-electron chi connectivity index (χ4n) is 2.68. The van der Waals surface area contributed by atoms with Crippen molar-refractivity contribution in [3.05, 3.63) is 28.2 Å². The third-order valence-corrected chi connectivity index (χ3v) is 4.94. The fourth-order valence-corrected chi connectivity index (χ4v) is 3.19. The fraction of sp³-hybridized carbons (Fsp3) is 0.647. The number of nitrogens with one attached hydrogen (secondary N) is 1. The van der Waals surface area contributed by atoms with Gasteiger partial charge >= 0.3 is 0 Å². The molecule has 0 amide bonds. The van der Waals surface area contributed by atoms with Crippen LogP contribution in [0, 0.1) is 5.92 Å². The topological polar surface area (TPSA) is 21.3 Å². The molecule has 1 saturated heterocycles. The Morgan fingerprint density at radius 3 is 2.95 bits per heavy atom. The first-order chi connectivity index (χ1) is 9.70. The zero-order valence-electron chi connectivity index (χ0n) is 12.6. The van der Waals surface area contributed by atoms with Gasteiger partial charge in [-0.05, 0) is 84.2 Å². The number of ether oxygens (including phenoxy) is 1. The second-order valence-corrected chi connectivity index (χ2v) is 6.70. The van der Waals surface area contributed by atoms with Gasteiger partial charge in [0.2, 0.25) is 0 Å². The maximum absolute atomic E-state index is 5.93. The molecule has 1 aromatic rings. The van der Waals surface area contributed by atoms with Crippen LogP contribution in [0.1, 0.15) is 51.0 Å². The maximum Gasteiger partial charge on any atom is 0.133 e. The minimum Gasteiger partial charge on any atom is -0.492 e. The first kappa shape index (κ1) is 15.8. The summed E-state index contributed by atoms with van der Waals surface area (Å²) in [6.07, 6.45) is 4.95. The molecule has 1 N–H and O–H groups in total. The second-order valence-electron chi connectivity index (χ2n) is 5.85. The molecule has 2 unspecified atom stereocenters. The summed E-state index contributed by atoms with van der Waals surface area (Å²) in [5, 5.41) is 3.46. The summed E-state index contributed by atoms with van der Waals surface area (Å²) in [4.78, 5) is 0. The quantitative estimate of drug-likeness (QED) is 0.808. The van der Waals surface area contributed by atoms with Crippen LogP contribution in [0.25, 0.3) is 0 Å². The summed E-state index contributed by atoms with van der Waals surface area (Å²) in [6, 6.07) is 6.49. The highest BCUT2D eigenvalue weighted by atomic mass is 79.9. The molecular formula is C17H26BrNO. The highest BCUT2D eigenvalue weighted by Crippen LogP contribution is 2.30. The normalized spacial score (nSPS) is 20.6. The molecule has 1 aliphatic rings. The molecular weight excluding hydrogens is 314 g/mol. The Balaban J connectivity index is 1.83. The highest BCUT2D eigenvalue weighted by molar-refractivity contribution is 9.10. The van der Waals surface area contributed by atoms with Gasteiger partial charge in [-0.1, -0.05) is 19.9 Å². The monoisotopic (exact) mass is 339 g/mol. The average molecular weight is 340 g/mol. The Hall–Kier alpha value is -0.540. The molecule has 2 rings (SSSR count). The number of benzene rings is 1. The van der Waals surface area contributed by atoms with Crippen LogP contribution in [-0.4, -0.2) is 19.7 Å². The van der Waals surface area contributed by atoms with E-state index in [1.54, 1.807) is 0 Å². The first-order valence-electron chi connectivity index (χ1n) is 7.83. The molecule has 1 aromatic carbocycles. The molecule has 112 valence electrons. The van der Waals surface area contributed by atoms with Gasteiger partial charge in [0, 0.05) is 0 Å². The van der Waals surface area contributed by atoms with Gasteiger partial charge in [-0.3, -0.25) is 0 Å². The van der Waals surface area contributed by atoms with Gasteiger partial charge in [0.1, 0.15) is 5.75 Å². The summed E-state index contributed by atoms with van der Waals surface area (Å²) in [5.74, 6) is 2.36. The van der Waals surface area contributed by atoms with Crippen LogP contribution in [0.5, 0.6) is 5.75 Å². The van der Waals surface area contributed by atoms with E-state index >= 15 is 0 Å². The van der Waals surface area contributed by atoms with E-state index in [1.807, 2.05) is 0 Å². The lowest BCUT2D eigenvalue weighted by molar-refractivity contribution is 0.253. The van der Waals surface area contributed by atoms with E-state index in [0.717, 1.165) is 35.7 Å². The van der Waals surface area contributed by atoms with Crippen molar-refractivity contribution in [2.45, 2.75) is 45.4 Å². The summed E-state index contributed by atoms with van der Waals surface area (Å²) in [5.41, 5.74) is 1.38. The van der Waals surface area contributed by atoms with E-state index in [1.165, 1.54) is 31.4 Å². The molecule has 0 aliphatic carbocycles. The van der Waals surface area contributed by atoms with Gasteiger partial charge in [0.15, 0.2) is 0 Å². The molecule has 1 fully saturated rings. The number of rotatable bonds is 6. The van der Waals surface area contributed by atoms with Gasteiger partial charge in [0.05, 0.1) is 11.1 Å². The molecule has 1 heterocycles. The van der Waals surface area contributed by atoms with Crippen molar-refractivity contribution < 1.29 is 4.74 Å². The third kappa shape index (κ3) is 4.49. The van der Waals surface area contributed by atoms with Crippen LogP contribution < -0.4 is 10.1 Å². The van der Waals surface area contributed by atoms with Crippen LogP contribution in [0.4, 0.5) is 0 Å². The van der Waals surface area contributed by atoms with Crippen LogP contribution in [0.3, 0.4) is 0 Å². The Bertz CT molecular complexity index is 415. The van der Waals surface area contributed by atoms with Crippen LogP contribution in [-0.2, 0) is 0 Å². The molecule has 0 aromatic heterocycles. The maximum atomic E-state index is 5.93. The standard InChI is InChI=1S/C17H26BrNO/c1-3-13(2)15-6-7-17(16(18)11-15)20-10-8-14-5-4-9-19-12-14/h6-7,11,13-14,19H,3-5,8-10,12H2,1-2H3. The largest absolute Gasteiger partial charge is 0.492 e. The smallest absolute Gasteiger partial charge is 0.133 e. The van der Waals surface area contributed by atoms with E-state index in [-0.39, 0.29) is 0 Å². The van der Waals surface area contributed by atoms with Gasteiger partial charge in [-0.15, -0.1) is 0 Å². The molecule has 3 heteroatoms. The zero-order chi connectivity index (χ0) is 14.4. The molecule has 1 aliphatic heterocycles. The van der Waals surface area contributed by atoms with E-state index in [0.29, 0.717) is 5.92 Å². The summed E-state index contributed by atoms with van der Waals surface area (Å²) < 4.78 is 7.01. The van der Waals surface area contributed by atoms with Crippen molar-refractivity contribution >= 4 is 15.9 Å². The third-order valence-electron chi connectivity index (χ3n) is 4.32. The zero-order valence-corrected chi connectivity index (χ0v) is 14.2. The van der Waals surface area contributed by atoms with E-state index in [9.17, 15) is 0 Å². The molecule has 0 spiro atoms.